The van der Waals surface area contributed by atoms with Crippen LogP contribution >= 0.6 is 0 Å². The van der Waals surface area contributed by atoms with E-state index < -0.39 is 5.60 Å². The van der Waals surface area contributed by atoms with Gasteiger partial charge in [0.25, 0.3) is 5.91 Å². The van der Waals surface area contributed by atoms with Gasteiger partial charge in [0.1, 0.15) is 11.4 Å². The smallest absolute Gasteiger partial charge is 0.309 e. The van der Waals surface area contributed by atoms with Crippen molar-refractivity contribution in [1.29, 1.82) is 0 Å². The van der Waals surface area contributed by atoms with E-state index in [0.717, 1.165) is 39.0 Å². The second-order valence-electron chi connectivity index (χ2n) is 8.55. The number of carbonyl (C=O) groups is 2. The van der Waals surface area contributed by atoms with E-state index in [-0.39, 0.29) is 23.5 Å². The summed E-state index contributed by atoms with van der Waals surface area (Å²) in [5.41, 5.74) is 0.165. The average Bonchev–Trinajstić information content (AvgIpc) is 2.67. The number of hydrogen-bond donors (Lipinski definition) is 1. The quantitative estimate of drug-likeness (QED) is 0.799. The van der Waals surface area contributed by atoms with E-state index in [4.69, 9.17) is 4.74 Å². The molecule has 1 N–H and O–H groups in total. The first-order chi connectivity index (χ1) is 13.2. The first kappa shape index (κ1) is 20.6. The van der Waals surface area contributed by atoms with Crippen LogP contribution in [-0.4, -0.2) is 76.8 Å². The molecule has 0 radical (unpaired) electrons. The van der Waals surface area contributed by atoms with Crippen molar-refractivity contribution in [2.45, 2.75) is 39.2 Å². The fourth-order valence-corrected chi connectivity index (χ4v) is 3.74. The molecule has 2 saturated heterocycles. The predicted octanol–water partition coefficient (Wildman–Crippen LogP) is 2.12. The highest BCUT2D eigenvalue weighted by molar-refractivity contribution is 5.94. The van der Waals surface area contributed by atoms with Crippen LogP contribution < -0.4 is 0 Å². The molecule has 2 aliphatic rings. The summed E-state index contributed by atoms with van der Waals surface area (Å²) in [5.74, 6) is 0.0590. The van der Waals surface area contributed by atoms with Gasteiger partial charge in [-0.1, -0.05) is 0 Å². The van der Waals surface area contributed by atoms with E-state index in [9.17, 15) is 14.7 Å². The second-order valence-corrected chi connectivity index (χ2v) is 8.55. The fraction of sp³-hybridized carbons (Fsp3) is 0.619. The Morgan fingerprint density at radius 2 is 1.46 bits per heavy atom. The number of ether oxygens (including phenoxy) is 1. The van der Waals surface area contributed by atoms with Crippen molar-refractivity contribution in [2.24, 2.45) is 5.92 Å². The third kappa shape index (κ3) is 5.23. The van der Waals surface area contributed by atoms with Crippen molar-refractivity contribution in [3.63, 3.8) is 0 Å². The van der Waals surface area contributed by atoms with Crippen molar-refractivity contribution >= 4 is 11.9 Å². The maximum Gasteiger partial charge on any atom is 0.309 e. The molecule has 0 unspecified atom stereocenters. The number of hydrogen-bond acceptors (Lipinski definition) is 6. The first-order valence-corrected chi connectivity index (χ1v) is 10.0. The fourth-order valence-electron chi connectivity index (χ4n) is 3.74. The summed E-state index contributed by atoms with van der Waals surface area (Å²) in [6, 6.07) is 6.40. The Bertz CT molecular complexity index is 683. The van der Waals surface area contributed by atoms with Crippen LogP contribution in [0.25, 0.3) is 0 Å². The van der Waals surface area contributed by atoms with Crippen molar-refractivity contribution in [3.8, 4) is 5.75 Å². The Kier molecular flexibility index (Phi) is 6.25. The van der Waals surface area contributed by atoms with Crippen molar-refractivity contribution in [2.75, 3.05) is 39.3 Å². The van der Waals surface area contributed by atoms with Crippen LogP contribution in [0.3, 0.4) is 0 Å². The lowest BCUT2D eigenvalue weighted by atomic mass is 9.97. The van der Waals surface area contributed by atoms with Crippen LogP contribution in [0.5, 0.6) is 5.75 Å². The number of aromatic hydroxyl groups is 1. The highest BCUT2D eigenvalue weighted by Crippen LogP contribution is 2.23. The number of hydrazine groups is 1. The Morgan fingerprint density at radius 1 is 0.929 bits per heavy atom. The lowest BCUT2D eigenvalue weighted by molar-refractivity contribution is -0.164. The molecule has 7 heteroatoms. The van der Waals surface area contributed by atoms with E-state index in [1.54, 1.807) is 12.1 Å². The van der Waals surface area contributed by atoms with Gasteiger partial charge in [0.15, 0.2) is 0 Å². The van der Waals surface area contributed by atoms with Crippen LogP contribution in [0.2, 0.25) is 0 Å². The molecule has 7 nitrogen and oxygen atoms in total. The van der Waals surface area contributed by atoms with Crippen molar-refractivity contribution in [3.05, 3.63) is 29.8 Å². The maximum absolute atomic E-state index is 12.6. The average molecular weight is 389 g/mol. The molecule has 1 aromatic rings. The van der Waals surface area contributed by atoms with E-state index >= 15 is 0 Å². The molecule has 3 rings (SSSR count). The number of benzene rings is 1. The van der Waals surface area contributed by atoms with Crippen LogP contribution in [0.4, 0.5) is 0 Å². The zero-order chi connectivity index (χ0) is 20.3. The number of nitrogens with zero attached hydrogens (tertiary/aromatic N) is 3. The molecule has 0 aromatic heterocycles. The van der Waals surface area contributed by atoms with Gasteiger partial charge in [-0.2, -0.15) is 0 Å². The van der Waals surface area contributed by atoms with E-state index in [2.05, 4.69) is 10.0 Å². The largest absolute Gasteiger partial charge is 0.508 e. The molecule has 1 aromatic carbocycles. The molecule has 0 bridgehead atoms. The summed E-state index contributed by atoms with van der Waals surface area (Å²) in [6.45, 7) is 10.3. The normalized spacial score (nSPS) is 20.2. The predicted molar refractivity (Wildman–Crippen MR) is 106 cm³/mol. The zero-order valence-electron chi connectivity index (χ0n) is 17.1. The lowest BCUT2D eigenvalue weighted by Crippen LogP contribution is -2.56. The van der Waals surface area contributed by atoms with Crippen molar-refractivity contribution in [1.82, 2.24) is 14.9 Å². The van der Waals surface area contributed by atoms with Gasteiger partial charge in [0.2, 0.25) is 0 Å². The molecule has 28 heavy (non-hydrogen) atoms. The minimum atomic E-state index is -0.436. The second kappa shape index (κ2) is 8.49. The standard InChI is InChI=1S/C21H31N3O4/c1-21(2,3)28-20(27)17-8-10-23(11-9-17)24-14-12-22(13-15-24)19(26)16-4-6-18(25)7-5-16/h4-7,17,25H,8-15H2,1-3H3. The minimum Gasteiger partial charge on any atom is -0.508 e. The van der Waals surface area contributed by atoms with Crippen LogP contribution in [-0.2, 0) is 9.53 Å². The molecule has 0 saturated carbocycles. The van der Waals surface area contributed by atoms with E-state index in [1.807, 2.05) is 25.7 Å². The van der Waals surface area contributed by atoms with Crippen LogP contribution in [0.15, 0.2) is 24.3 Å². The Labute approximate surface area is 166 Å². The monoisotopic (exact) mass is 389 g/mol. The van der Waals surface area contributed by atoms with Gasteiger partial charge in [-0.15, -0.1) is 0 Å². The van der Waals surface area contributed by atoms with Crippen LogP contribution in [0.1, 0.15) is 44.0 Å². The Balaban J connectivity index is 1.45. The molecule has 1 amide bonds. The van der Waals surface area contributed by atoms with Gasteiger partial charge in [0, 0.05) is 44.8 Å². The first-order valence-electron chi connectivity index (χ1n) is 10.0. The Hall–Kier alpha value is -2.12. The number of esters is 1. The molecular formula is C21H31N3O4. The van der Waals surface area contributed by atoms with E-state index in [1.165, 1.54) is 12.1 Å². The molecule has 2 aliphatic heterocycles. The molecule has 0 spiro atoms. The lowest BCUT2D eigenvalue weighted by Gasteiger charge is -2.43. The molecule has 154 valence electrons. The summed E-state index contributed by atoms with van der Waals surface area (Å²) in [7, 11) is 0. The van der Waals surface area contributed by atoms with Gasteiger partial charge < -0.3 is 14.7 Å². The number of piperidine rings is 1. The van der Waals surface area contributed by atoms with Crippen molar-refractivity contribution < 1.29 is 19.4 Å². The zero-order valence-corrected chi connectivity index (χ0v) is 17.1. The van der Waals surface area contributed by atoms with Gasteiger partial charge in [-0.3, -0.25) is 9.59 Å². The highest BCUT2D eigenvalue weighted by atomic mass is 16.6. The summed E-state index contributed by atoms with van der Waals surface area (Å²) < 4.78 is 5.52. The van der Waals surface area contributed by atoms with Gasteiger partial charge in [0.05, 0.1) is 5.92 Å². The number of phenols is 1. The molecule has 2 fully saturated rings. The molecule has 0 atom stereocenters. The number of rotatable bonds is 3. The molecule has 0 aliphatic carbocycles. The third-order valence-electron chi connectivity index (χ3n) is 5.27. The summed E-state index contributed by atoms with van der Waals surface area (Å²) in [6.07, 6.45) is 1.61. The molecule has 2 heterocycles. The maximum atomic E-state index is 12.6. The number of phenolic OH excluding ortho intramolecular Hbond substituents is 1. The van der Waals surface area contributed by atoms with Crippen LogP contribution in [0, 0.1) is 5.92 Å². The van der Waals surface area contributed by atoms with Gasteiger partial charge in [-0.25, -0.2) is 10.0 Å². The molecular weight excluding hydrogens is 358 g/mol. The highest BCUT2D eigenvalue weighted by Gasteiger charge is 2.32. The minimum absolute atomic E-state index is 0.00304. The number of carbonyl (C=O) groups excluding carboxylic acids is 2. The van der Waals surface area contributed by atoms with Gasteiger partial charge >= 0.3 is 5.97 Å². The Morgan fingerprint density at radius 3 is 2.00 bits per heavy atom. The summed E-state index contributed by atoms with van der Waals surface area (Å²) >= 11 is 0. The van der Waals surface area contributed by atoms with Gasteiger partial charge in [-0.05, 0) is 57.9 Å². The SMILES string of the molecule is CC(C)(C)OC(=O)C1CCN(N2CCN(C(=O)c3ccc(O)cc3)CC2)CC1. The third-order valence-corrected chi connectivity index (χ3v) is 5.27. The number of piperazine rings is 1. The summed E-state index contributed by atoms with van der Waals surface area (Å²) in [4.78, 5) is 26.7. The van der Waals surface area contributed by atoms with E-state index in [0.29, 0.717) is 18.7 Å². The number of amides is 1. The topological polar surface area (TPSA) is 73.3 Å². The summed E-state index contributed by atoms with van der Waals surface area (Å²) in [5, 5.41) is 14.0.